The number of likely N-dealkylation sites (tertiary alicyclic amines) is 1. The van der Waals surface area contributed by atoms with Crippen molar-refractivity contribution in [2.75, 3.05) is 30.8 Å². The summed E-state index contributed by atoms with van der Waals surface area (Å²) < 4.78 is 1.59. The van der Waals surface area contributed by atoms with Crippen molar-refractivity contribution in [2.45, 2.75) is 86.7 Å². The molecule has 1 atom stereocenters. The van der Waals surface area contributed by atoms with E-state index in [4.69, 9.17) is 0 Å². The summed E-state index contributed by atoms with van der Waals surface area (Å²) >= 11 is 0. The van der Waals surface area contributed by atoms with Crippen LogP contribution >= 0.6 is 0 Å². The van der Waals surface area contributed by atoms with Crippen molar-refractivity contribution in [2.24, 2.45) is 0 Å². The van der Waals surface area contributed by atoms with Crippen LogP contribution < -0.4 is 16.0 Å². The van der Waals surface area contributed by atoms with E-state index in [0.717, 1.165) is 41.7 Å². The number of nitrogens with zero attached hydrogens (tertiary/aromatic N) is 4. The largest absolute Gasteiger partial charge is 0.358 e. The van der Waals surface area contributed by atoms with E-state index in [1.807, 2.05) is 26.1 Å². The number of anilines is 2. The zero-order chi connectivity index (χ0) is 33.5. The first-order chi connectivity index (χ1) is 21.4. The van der Waals surface area contributed by atoms with Gasteiger partial charge in [0.05, 0.1) is 36.0 Å². The van der Waals surface area contributed by atoms with E-state index in [-0.39, 0.29) is 24.3 Å². The molecule has 0 saturated carbocycles. The van der Waals surface area contributed by atoms with Crippen LogP contribution in [0, 0.1) is 6.92 Å². The van der Waals surface area contributed by atoms with E-state index in [1.54, 1.807) is 56.2 Å². The number of amides is 3. The Morgan fingerprint density at radius 2 is 1.78 bits per heavy atom. The van der Waals surface area contributed by atoms with Gasteiger partial charge in [0.1, 0.15) is 6.54 Å². The molecule has 0 aromatic carbocycles. The molecule has 1 aliphatic heterocycles. The third-order valence-electron chi connectivity index (χ3n) is 7.33. The highest BCUT2D eigenvalue weighted by atomic mass is 16.2. The maximum Gasteiger partial charge on any atom is 0.255 e. The number of aryl methyl sites for hydroxylation is 1. The Hall–Kier alpha value is -4.31. The molecule has 0 aliphatic carbocycles. The second-order valence-corrected chi connectivity index (χ2v) is 11.3. The lowest BCUT2D eigenvalue weighted by molar-refractivity contribution is -0.121. The number of carbonyl (C=O) groups is 3. The lowest BCUT2D eigenvalue weighted by atomic mass is 9.98. The highest BCUT2D eigenvalue weighted by molar-refractivity contribution is 6.06. The van der Waals surface area contributed by atoms with E-state index in [1.165, 1.54) is 6.42 Å². The third kappa shape index (κ3) is 11.6. The fourth-order valence-electron chi connectivity index (χ4n) is 4.69. The second-order valence-electron chi connectivity index (χ2n) is 11.3. The lowest BCUT2D eigenvalue weighted by Gasteiger charge is -2.20. The van der Waals surface area contributed by atoms with E-state index < -0.39 is 0 Å². The minimum Gasteiger partial charge on any atom is -0.358 e. The van der Waals surface area contributed by atoms with Crippen LogP contribution in [0.15, 0.2) is 66.2 Å². The fraction of sp³-hybridized carbons (Fsp3) is 0.457. The van der Waals surface area contributed by atoms with Gasteiger partial charge in [-0.3, -0.25) is 28.9 Å². The first-order valence-corrected chi connectivity index (χ1v) is 15.8. The first kappa shape index (κ1) is 36.9. The summed E-state index contributed by atoms with van der Waals surface area (Å²) in [5.74, 6) is -0.541. The molecule has 2 aromatic rings. The van der Waals surface area contributed by atoms with Crippen LogP contribution in [0.5, 0.6) is 0 Å². The summed E-state index contributed by atoms with van der Waals surface area (Å²) in [7, 11) is 1.59. The molecule has 1 saturated heterocycles. The van der Waals surface area contributed by atoms with Gasteiger partial charge in [-0.2, -0.15) is 5.10 Å². The van der Waals surface area contributed by atoms with Crippen LogP contribution in [0.4, 0.5) is 11.4 Å². The predicted octanol–water partition coefficient (Wildman–Crippen LogP) is 6.05. The standard InChI is InChI=1S/C32H43N7O3.C3H8/c1-8-24(27-16-35-39(18-27)20-30(40)33-7)13-26(21(3)4)14-25(9-2)32(42)37-29-15-28(17-34-23(29)6)36-31(41)19-38-12-10-11-22(38)5;1-3-2/h9,13-18,22H,3,8,10-12,19-20H2,1-2,4-7H3,(H,33,40)(H,36,41)(H,37,42);3H2,1-2H3/b24-13+,25-9+,26-14-;. The first-order valence-electron chi connectivity index (χ1n) is 15.8. The summed E-state index contributed by atoms with van der Waals surface area (Å²) in [5, 5.41) is 12.8. The van der Waals surface area contributed by atoms with Gasteiger partial charge in [-0.1, -0.05) is 51.5 Å². The van der Waals surface area contributed by atoms with Crippen molar-refractivity contribution >= 4 is 34.7 Å². The molecule has 1 fully saturated rings. The van der Waals surface area contributed by atoms with Crippen molar-refractivity contribution in [3.8, 4) is 0 Å². The molecule has 0 bridgehead atoms. The average Bonchev–Trinajstić information content (AvgIpc) is 3.63. The lowest BCUT2D eigenvalue weighted by Crippen LogP contribution is -2.35. The molecule has 3 heterocycles. The Morgan fingerprint density at radius 3 is 2.36 bits per heavy atom. The van der Waals surface area contributed by atoms with Crippen LogP contribution in [0.3, 0.4) is 0 Å². The number of likely N-dealkylation sites (N-methyl/N-ethyl adjacent to an activating group) is 1. The Bertz CT molecular complexity index is 1430. The molecular formula is C35H51N7O3. The highest BCUT2D eigenvalue weighted by Gasteiger charge is 2.22. The molecule has 2 aromatic heterocycles. The molecule has 1 aliphatic rings. The van der Waals surface area contributed by atoms with Gasteiger partial charge in [0, 0.05) is 30.4 Å². The summed E-state index contributed by atoms with van der Waals surface area (Å²) in [5.41, 5.74) is 5.60. The van der Waals surface area contributed by atoms with Crippen molar-refractivity contribution in [1.82, 2.24) is 25.0 Å². The van der Waals surface area contributed by atoms with E-state index in [2.05, 4.69) is 58.3 Å². The van der Waals surface area contributed by atoms with Gasteiger partial charge in [0.2, 0.25) is 11.8 Å². The second kappa shape index (κ2) is 18.5. The molecule has 1 unspecified atom stereocenters. The molecule has 3 amide bonds. The predicted molar refractivity (Wildman–Crippen MR) is 184 cm³/mol. The van der Waals surface area contributed by atoms with Crippen LogP contribution in [0.1, 0.15) is 78.5 Å². The van der Waals surface area contributed by atoms with Gasteiger partial charge in [-0.25, -0.2) is 0 Å². The van der Waals surface area contributed by atoms with Crippen LogP contribution in [-0.2, 0) is 20.9 Å². The minimum atomic E-state index is -0.305. The molecule has 10 heteroatoms. The van der Waals surface area contributed by atoms with Gasteiger partial charge in [0.25, 0.3) is 5.91 Å². The molecule has 244 valence electrons. The average molecular weight is 618 g/mol. The highest BCUT2D eigenvalue weighted by Crippen LogP contribution is 2.25. The summed E-state index contributed by atoms with van der Waals surface area (Å²) in [6.07, 6.45) is 14.9. The quantitative estimate of drug-likeness (QED) is 0.197. The van der Waals surface area contributed by atoms with Gasteiger partial charge in [-0.05, 0) is 76.8 Å². The Kier molecular flexibility index (Phi) is 15.2. The SMILES string of the molecule is C=C(C)C(=C\C(=C/C)C(=O)Nc1cc(NC(=O)CN2CCCC2C)cnc1C)/C=C(\CC)c1cnn(CC(=O)NC)c1.CCC. The van der Waals surface area contributed by atoms with Gasteiger partial charge < -0.3 is 16.0 Å². The normalized spacial score (nSPS) is 15.6. The van der Waals surface area contributed by atoms with Crippen molar-refractivity contribution in [1.29, 1.82) is 0 Å². The van der Waals surface area contributed by atoms with Gasteiger partial charge in [-0.15, -0.1) is 0 Å². The smallest absolute Gasteiger partial charge is 0.255 e. The molecule has 45 heavy (non-hydrogen) atoms. The molecule has 0 radical (unpaired) electrons. The zero-order valence-corrected chi connectivity index (χ0v) is 28.3. The number of carbonyl (C=O) groups excluding carboxylic acids is 3. The molecule has 3 rings (SSSR count). The fourth-order valence-corrected chi connectivity index (χ4v) is 4.69. The maximum absolute atomic E-state index is 13.4. The number of hydrogen-bond donors (Lipinski definition) is 3. The number of hydrogen-bond acceptors (Lipinski definition) is 6. The van der Waals surface area contributed by atoms with Gasteiger partial charge in [0.15, 0.2) is 0 Å². The summed E-state index contributed by atoms with van der Waals surface area (Å²) in [4.78, 5) is 44.3. The van der Waals surface area contributed by atoms with Crippen molar-refractivity contribution in [3.05, 3.63) is 77.4 Å². The molecule has 0 spiro atoms. The number of allylic oxidation sites excluding steroid dienone is 5. The van der Waals surface area contributed by atoms with Crippen molar-refractivity contribution < 1.29 is 14.4 Å². The number of nitrogens with one attached hydrogen (secondary N) is 3. The monoisotopic (exact) mass is 617 g/mol. The van der Waals surface area contributed by atoms with Crippen LogP contribution in [-0.4, -0.2) is 63.6 Å². The molecular weight excluding hydrogens is 566 g/mol. The Labute approximate surface area is 268 Å². The topological polar surface area (TPSA) is 121 Å². The summed E-state index contributed by atoms with van der Waals surface area (Å²) in [6.45, 7) is 19.4. The van der Waals surface area contributed by atoms with E-state index >= 15 is 0 Å². The molecule has 3 N–H and O–H groups in total. The molecule has 10 nitrogen and oxygen atoms in total. The van der Waals surface area contributed by atoms with Crippen molar-refractivity contribution in [3.63, 3.8) is 0 Å². The minimum absolute atomic E-state index is 0.104. The number of rotatable bonds is 12. The summed E-state index contributed by atoms with van der Waals surface area (Å²) in [6, 6.07) is 2.13. The van der Waals surface area contributed by atoms with Crippen LogP contribution in [0.25, 0.3) is 5.57 Å². The van der Waals surface area contributed by atoms with E-state index in [0.29, 0.717) is 41.6 Å². The number of aromatic nitrogens is 3. The Morgan fingerprint density at radius 1 is 1.07 bits per heavy atom. The third-order valence-corrected chi connectivity index (χ3v) is 7.33. The zero-order valence-electron chi connectivity index (χ0n) is 28.3. The maximum atomic E-state index is 13.4. The Balaban J connectivity index is 0.00000226. The van der Waals surface area contributed by atoms with E-state index in [9.17, 15) is 14.4 Å². The van der Waals surface area contributed by atoms with Gasteiger partial charge >= 0.3 is 0 Å². The number of pyridine rings is 1. The van der Waals surface area contributed by atoms with Crippen LogP contribution in [0.2, 0.25) is 0 Å².